The Labute approximate surface area is 101 Å². The molecular formula is C13H18O4. The molecule has 0 saturated heterocycles. The van der Waals surface area contributed by atoms with Gasteiger partial charge in [-0.2, -0.15) is 4.89 Å². The number of rotatable bonds is 5. The molecule has 0 saturated carbocycles. The average molecular weight is 238 g/mol. The largest absolute Gasteiger partial charge is 0.393 e. The van der Waals surface area contributed by atoms with Crippen LogP contribution in [-0.4, -0.2) is 22.8 Å². The molecule has 4 heteroatoms. The van der Waals surface area contributed by atoms with Crippen LogP contribution < -0.4 is 0 Å². The number of benzene rings is 1. The van der Waals surface area contributed by atoms with Gasteiger partial charge in [-0.3, -0.25) is 4.89 Å². The Morgan fingerprint density at radius 3 is 2.47 bits per heavy atom. The van der Waals surface area contributed by atoms with Crippen LogP contribution in [0, 0.1) is 0 Å². The van der Waals surface area contributed by atoms with Crippen LogP contribution in [0.5, 0.6) is 0 Å². The lowest BCUT2D eigenvalue weighted by atomic mass is 10.0. The van der Waals surface area contributed by atoms with Crippen molar-refractivity contribution in [1.29, 1.82) is 0 Å². The van der Waals surface area contributed by atoms with Gasteiger partial charge in [0.05, 0.1) is 11.7 Å². The standard InChI is InChI=1S/C13H18O4/c1-10(14)9-13(2,3)17-16-12(15)11-7-5-4-6-8-11/h4-8,10,14H,9H2,1-3H3. The third-order valence-corrected chi connectivity index (χ3v) is 2.14. The summed E-state index contributed by atoms with van der Waals surface area (Å²) in [5.41, 5.74) is -0.279. The Bertz CT molecular complexity index is 357. The van der Waals surface area contributed by atoms with E-state index in [2.05, 4.69) is 0 Å². The van der Waals surface area contributed by atoms with Crippen LogP contribution in [0.3, 0.4) is 0 Å². The second-order valence-corrected chi connectivity index (χ2v) is 4.63. The van der Waals surface area contributed by atoms with Crippen molar-refractivity contribution in [3.8, 4) is 0 Å². The van der Waals surface area contributed by atoms with Crippen molar-refractivity contribution in [2.24, 2.45) is 0 Å². The maximum absolute atomic E-state index is 11.6. The van der Waals surface area contributed by atoms with Gasteiger partial charge in [-0.1, -0.05) is 18.2 Å². The van der Waals surface area contributed by atoms with Crippen molar-refractivity contribution in [3.63, 3.8) is 0 Å². The maximum atomic E-state index is 11.6. The molecule has 0 spiro atoms. The summed E-state index contributed by atoms with van der Waals surface area (Å²) in [5.74, 6) is -0.538. The monoisotopic (exact) mass is 238 g/mol. The van der Waals surface area contributed by atoms with Crippen molar-refractivity contribution >= 4 is 5.97 Å². The van der Waals surface area contributed by atoms with Crippen molar-refractivity contribution in [2.75, 3.05) is 0 Å². The third-order valence-electron chi connectivity index (χ3n) is 2.14. The van der Waals surface area contributed by atoms with E-state index in [-0.39, 0.29) is 0 Å². The van der Waals surface area contributed by atoms with E-state index in [0.717, 1.165) is 0 Å². The lowest BCUT2D eigenvalue weighted by Crippen LogP contribution is -2.30. The molecule has 1 N–H and O–H groups in total. The van der Waals surface area contributed by atoms with Crippen LogP contribution in [0.15, 0.2) is 30.3 Å². The summed E-state index contributed by atoms with van der Waals surface area (Å²) in [6.07, 6.45) is -0.129. The number of carbonyl (C=O) groups is 1. The molecular weight excluding hydrogens is 220 g/mol. The molecule has 1 atom stereocenters. The van der Waals surface area contributed by atoms with Crippen molar-refractivity contribution < 1.29 is 19.7 Å². The Kier molecular flexibility index (Phi) is 4.66. The van der Waals surface area contributed by atoms with Gasteiger partial charge in [-0.05, 0) is 32.9 Å². The molecule has 4 nitrogen and oxygen atoms in total. The van der Waals surface area contributed by atoms with E-state index in [0.29, 0.717) is 12.0 Å². The molecule has 94 valence electrons. The minimum atomic E-state index is -0.710. The Hall–Kier alpha value is -1.39. The number of aliphatic hydroxyl groups excluding tert-OH is 1. The first-order valence-electron chi connectivity index (χ1n) is 5.54. The zero-order valence-corrected chi connectivity index (χ0v) is 10.3. The van der Waals surface area contributed by atoms with Gasteiger partial charge in [0, 0.05) is 6.42 Å². The molecule has 0 aromatic heterocycles. The van der Waals surface area contributed by atoms with Gasteiger partial charge in [0.2, 0.25) is 0 Å². The van der Waals surface area contributed by atoms with E-state index in [1.807, 2.05) is 6.07 Å². The summed E-state index contributed by atoms with van der Waals surface area (Å²) in [6, 6.07) is 8.60. The summed E-state index contributed by atoms with van der Waals surface area (Å²) in [5, 5.41) is 9.25. The van der Waals surface area contributed by atoms with E-state index in [9.17, 15) is 9.90 Å². The fourth-order valence-corrected chi connectivity index (χ4v) is 1.52. The minimum absolute atomic E-state index is 0.384. The first kappa shape index (κ1) is 13.7. The fraction of sp³-hybridized carbons (Fsp3) is 0.462. The normalized spacial score (nSPS) is 13.2. The summed E-state index contributed by atoms with van der Waals surface area (Å²) >= 11 is 0. The first-order valence-corrected chi connectivity index (χ1v) is 5.54. The highest BCUT2D eigenvalue weighted by Crippen LogP contribution is 2.18. The number of hydrogen-bond acceptors (Lipinski definition) is 4. The second-order valence-electron chi connectivity index (χ2n) is 4.63. The molecule has 1 aromatic carbocycles. The highest BCUT2D eigenvalue weighted by molar-refractivity contribution is 5.88. The zero-order valence-electron chi connectivity index (χ0n) is 10.3. The molecule has 0 aliphatic carbocycles. The molecule has 0 aliphatic heterocycles. The predicted octanol–water partition coefficient (Wildman–Crippen LogP) is 2.32. The molecule has 1 rings (SSSR count). The summed E-state index contributed by atoms with van der Waals surface area (Å²) < 4.78 is 0. The third kappa shape index (κ3) is 4.97. The van der Waals surface area contributed by atoms with E-state index in [4.69, 9.17) is 9.78 Å². The average Bonchev–Trinajstić information content (AvgIpc) is 2.25. The zero-order chi connectivity index (χ0) is 12.9. The SMILES string of the molecule is CC(O)CC(C)(C)OOC(=O)c1ccccc1. The summed E-state index contributed by atoms with van der Waals surface area (Å²) in [4.78, 5) is 21.4. The van der Waals surface area contributed by atoms with Gasteiger partial charge in [-0.15, -0.1) is 0 Å². The first-order chi connectivity index (χ1) is 7.91. The molecule has 0 amide bonds. The van der Waals surface area contributed by atoms with Crippen LogP contribution >= 0.6 is 0 Å². The van der Waals surface area contributed by atoms with E-state index in [1.54, 1.807) is 45.0 Å². The summed E-state index contributed by atoms with van der Waals surface area (Å²) in [7, 11) is 0. The molecule has 0 radical (unpaired) electrons. The molecule has 0 fully saturated rings. The molecule has 0 heterocycles. The Morgan fingerprint density at radius 1 is 1.35 bits per heavy atom. The van der Waals surface area contributed by atoms with Crippen LogP contribution in [0.1, 0.15) is 37.6 Å². The van der Waals surface area contributed by atoms with Gasteiger partial charge in [0.15, 0.2) is 0 Å². The van der Waals surface area contributed by atoms with Crippen LogP contribution in [-0.2, 0) is 9.78 Å². The van der Waals surface area contributed by atoms with Crippen LogP contribution in [0.4, 0.5) is 0 Å². The van der Waals surface area contributed by atoms with Gasteiger partial charge in [0.25, 0.3) is 0 Å². The lowest BCUT2D eigenvalue weighted by molar-refractivity contribution is -0.311. The molecule has 1 aromatic rings. The molecule has 0 aliphatic rings. The highest BCUT2D eigenvalue weighted by atomic mass is 17.2. The molecule has 1 unspecified atom stereocenters. The molecule has 0 bridgehead atoms. The van der Waals surface area contributed by atoms with Gasteiger partial charge < -0.3 is 5.11 Å². The van der Waals surface area contributed by atoms with Crippen molar-refractivity contribution in [3.05, 3.63) is 35.9 Å². The fourth-order valence-electron chi connectivity index (χ4n) is 1.52. The number of aliphatic hydroxyl groups is 1. The van der Waals surface area contributed by atoms with Gasteiger partial charge >= 0.3 is 5.97 Å². The van der Waals surface area contributed by atoms with Gasteiger partial charge in [-0.25, -0.2) is 4.79 Å². The van der Waals surface area contributed by atoms with E-state index >= 15 is 0 Å². The van der Waals surface area contributed by atoms with Crippen LogP contribution in [0.25, 0.3) is 0 Å². The highest BCUT2D eigenvalue weighted by Gasteiger charge is 2.24. The van der Waals surface area contributed by atoms with E-state index in [1.165, 1.54) is 0 Å². The second kappa shape index (κ2) is 5.80. The number of carbonyl (C=O) groups excluding carboxylic acids is 1. The lowest BCUT2D eigenvalue weighted by Gasteiger charge is -2.23. The van der Waals surface area contributed by atoms with Gasteiger partial charge in [0.1, 0.15) is 5.60 Å². The van der Waals surface area contributed by atoms with E-state index < -0.39 is 17.7 Å². The predicted molar refractivity (Wildman–Crippen MR) is 63.3 cm³/mol. The Morgan fingerprint density at radius 2 is 1.94 bits per heavy atom. The quantitative estimate of drug-likeness (QED) is 0.632. The van der Waals surface area contributed by atoms with Crippen molar-refractivity contribution in [1.82, 2.24) is 0 Å². The van der Waals surface area contributed by atoms with Crippen molar-refractivity contribution in [2.45, 2.75) is 38.9 Å². The smallest absolute Gasteiger partial charge is 0.373 e. The van der Waals surface area contributed by atoms with Crippen LogP contribution in [0.2, 0.25) is 0 Å². The summed E-state index contributed by atoms with van der Waals surface area (Å²) in [6.45, 7) is 5.15. The minimum Gasteiger partial charge on any atom is -0.393 e. The maximum Gasteiger partial charge on any atom is 0.373 e. The topological polar surface area (TPSA) is 55.8 Å². The molecule has 17 heavy (non-hydrogen) atoms. The Balaban J connectivity index is 2.48. The number of hydrogen-bond donors (Lipinski definition) is 1.